The number of benzene rings is 2. The van der Waals surface area contributed by atoms with Gasteiger partial charge in [-0.3, -0.25) is 4.31 Å². The summed E-state index contributed by atoms with van der Waals surface area (Å²) in [6.07, 6.45) is 3.36. The van der Waals surface area contributed by atoms with Gasteiger partial charge >= 0.3 is 0 Å². The topological polar surface area (TPSA) is 103 Å². The van der Waals surface area contributed by atoms with Crippen LogP contribution in [0.4, 0.5) is 34.5 Å². The first-order valence-electron chi connectivity index (χ1n) is 12.0. The summed E-state index contributed by atoms with van der Waals surface area (Å²) >= 11 is 6.42. The maximum absolute atomic E-state index is 12.3. The number of para-hydroxylation sites is 1. The number of nitrogens with one attached hydrogen (secondary N) is 2. The lowest BCUT2D eigenvalue weighted by Gasteiger charge is -2.34. The Hall–Kier alpha value is -3.28. The molecule has 0 atom stereocenters. The fourth-order valence-electron chi connectivity index (χ4n) is 4.66. The van der Waals surface area contributed by atoms with E-state index in [9.17, 15) is 8.42 Å². The Bertz CT molecular complexity index is 1410. The number of hydrogen-bond donors (Lipinski definition) is 2. The van der Waals surface area contributed by atoms with Gasteiger partial charge in [-0.15, -0.1) is 0 Å². The minimum absolute atomic E-state index is 0.310. The van der Waals surface area contributed by atoms with Crippen LogP contribution in [0.15, 0.2) is 42.6 Å². The van der Waals surface area contributed by atoms with E-state index in [1.54, 1.807) is 7.11 Å². The minimum atomic E-state index is -3.42. The van der Waals surface area contributed by atoms with Gasteiger partial charge in [-0.25, -0.2) is 13.4 Å². The molecule has 12 heteroatoms. The van der Waals surface area contributed by atoms with Crippen LogP contribution < -0.4 is 24.6 Å². The molecule has 1 saturated heterocycles. The summed E-state index contributed by atoms with van der Waals surface area (Å²) in [4.78, 5) is 13.5. The Morgan fingerprint density at radius 1 is 1.03 bits per heavy atom. The molecule has 3 aromatic rings. The summed E-state index contributed by atoms with van der Waals surface area (Å²) in [5.41, 5.74) is 4.00. The Balaban J connectivity index is 1.39. The summed E-state index contributed by atoms with van der Waals surface area (Å²) in [6.45, 7) is 4.36. The van der Waals surface area contributed by atoms with Crippen LogP contribution in [0.1, 0.15) is 5.56 Å². The zero-order valence-corrected chi connectivity index (χ0v) is 22.6. The Labute approximate surface area is 222 Å². The number of sulfonamides is 1. The van der Waals surface area contributed by atoms with Crippen molar-refractivity contribution in [2.45, 2.75) is 6.42 Å². The van der Waals surface area contributed by atoms with Crippen molar-refractivity contribution in [3.63, 3.8) is 0 Å². The SMILES string of the molecule is COc1cc(N2CCN(C)CC2)ccc1Nc1ncc(Cl)c(Nc2cccc3c2N(S(C)(=O)=O)CC3)n1. The molecule has 196 valence electrons. The molecule has 37 heavy (non-hydrogen) atoms. The molecule has 0 bridgehead atoms. The first-order valence-corrected chi connectivity index (χ1v) is 14.2. The summed E-state index contributed by atoms with van der Waals surface area (Å²) in [7, 11) is 0.348. The fourth-order valence-corrected chi connectivity index (χ4v) is 5.77. The van der Waals surface area contributed by atoms with Crippen LogP contribution in [0.3, 0.4) is 0 Å². The van der Waals surface area contributed by atoms with Crippen molar-refractivity contribution in [2.24, 2.45) is 0 Å². The third-order valence-corrected chi connectivity index (χ3v) is 8.09. The van der Waals surface area contributed by atoms with Crippen LogP contribution in [-0.2, 0) is 16.4 Å². The number of hydrogen-bond acceptors (Lipinski definition) is 9. The zero-order chi connectivity index (χ0) is 26.2. The summed E-state index contributed by atoms with van der Waals surface area (Å²) in [6, 6.07) is 11.6. The predicted octanol–water partition coefficient (Wildman–Crippen LogP) is 3.70. The molecule has 0 unspecified atom stereocenters. The predicted molar refractivity (Wildman–Crippen MR) is 149 cm³/mol. The molecular formula is C25H30ClN7O3S. The van der Waals surface area contributed by atoms with Crippen molar-refractivity contribution >= 4 is 56.1 Å². The average Bonchev–Trinajstić information content (AvgIpc) is 3.33. The number of halogens is 1. The van der Waals surface area contributed by atoms with E-state index in [0.29, 0.717) is 46.9 Å². The molecule has 0 amide bonds. The molecule has 0 radical (unpaired) electrons. The van der Waals surface area contributed by atoms with Crippen LogP contribution in [0.2, 0.25) is 5.02 Å². The smallest absolute Gasteiger partial charge is 0.232 e. The molecule has 2 N–H and O–H groups in total. The largest absolute Gasteiger partial charge is 0.494 e. The number of ether oxygens (including phenoxy) is 1. The molecule has 0 saturated carbocycles. The number of methoxy groups -OCH3 is 1. The standard InChI is InChI=1S/C25H30ClN7O3S/c1-31-11-13-32(14-12-31)18-7-8-20(22(15-18)36-2)29-25-27-16-19(26)24(30-25)28-21-6-4-5-17-9-10-33(23(17)21)37(3,34)35/h4-8,15-16H,9-14H2,1-3H3,(H2,27,28,29,30). The van der Waals surface area contributed by atoms with E-state index in [2.05, 4.69) is 43.5 Å². The van der Waals surface area contributed by atoms with E-state index in [4.69, 9.17) is 16.3 Å². The molecule has 1 fully saturated rings. The van der Waals surface area contributed by atoms with Crippen molar-refractivity contribution in [1.29, 1.82) is 0 Å². The van der Waals surface area contributed by atoms with Crippen molar-refractivity contribution in [2.75, 3.05) is 73.0 Å². The van der Waals surface area contributed by atoms with Crippen LogP contribution in [0.5, 0.6) is 5.75 Å². The van der Waals surface area contributed by atoms with Crippen molar-refractivity contribution < 1.29 is 13.2 Å². The van der Waals surface area contributed by atoms with Gasteiger partial charge in [0.15, 0.2) is 5.82 Å². The van der Waals surface area contributed by atoms with Gasteiger partial charge in [-0.2, -0.15) is 4.98 Å². The first-order chi connectivity index (χ1) is 17.7. The van der Waals surface area contributed by atoms with E-state index in [1.165, 1.54) is 16.8 Å². The van der Waals surface area contributed by atoms with E-state index in [0.717, 1.165) is 43.1 Å². The van der Waals surface area contributed by atoms with E-state index >= 15 is 0 Å². The number of aromatic nitrogens is 2. The molecule has 2 aliphatic rings. The van der Waals surface area contributed by atoms with E-state index in [-0.39, 0.29) is 0 Å². The highest BCUT2D eigenvalue weighted by atomic mass is 35.5. The highest BCUT2D eigenvalue weighted by molar-refractivity contribution is 7.92. The average molecular weight is 544 g/mol. The Morgan fingerprint density at radius 3 is 2.54 bits per heavy atom. The molecule has 5 rings (SSSR count). The molecule has 2 aromatic carbocycles. The lowest BCUT2D eigenvalue weighted by atomic mass is 10.1. The third-order valence-electron chi connectivity index (χ3n) is 6.65. The highest BCUT2D eigenvalue weighted by Gasteiger charge is 2.29. The van der Waals surface area contributed by atoms with Crippen LogP contribution in [-0.4, -0.2) is 76.4 Å². The first kappa shape index (κ1) is 25.4. The fraction of sp³-hybridized carbons (Fsp3) is 0.360. The van der Waals surface area contributed by atoms with Gasteiger partial charge in [0.1, 0.15) is 10.8 Å². The summed E-state index contributed by atoms with van der Waals surface area (Å²) in [5, 5.41) is 6.74. The molecule has 1 aromatic heterocycles. The second-order valence-corrected chi connectivity index (χ2v) is 11.5. The number of rotatable bonds is 7. The normalized spacial score (nSPS) is 16.0. The zero-order valence-electron chi connectivity index (χ0n) is 21.0. The third kappa shape index (κ3) is 5.39. The van der Waals surface area contributed by atoms with Gasteiger partial charge in [0.25, 0.3) is 0 Å². The quantitative estimate of drug-likeness (QED) is 0.461. The second kappa shape index (κ2) is 10.2. The Morgan fingerprint density at radius 2 is 1.81 bits per heavy atom. The van der Waals surface area contributed by atoms with Crippen LogP contribution in [0, 0.1) is 0 Å². The van der Waals surface area contributed by atoms with Crippen LogP contribution in [0.25, 0.3) is 0 Å². The number of anilines is 6. The van der Waals surface area contributed by atoms with Crippen LogP contribution >= 0.6 is 11.6 Å². The number of nitrogens with zero attached hydrogens (tertiary/aromatic N) is 5. The number of likely N-dealkylation sites (N-methyl/N-ethyl adjacent to an activating group) is 1. The van der Waals surface area contributed by atoms with Gasteiger partial charge in [-0.1, -0.05) is 23.7 Å². The monoisotopic (exact) mass is 543 g/mol. The molecule has 0 aliphatic carbocycles. The maximum atomic E-state index is 12.3. The van der Waals surface area contributed by atoms with E-state index < -0.39 is 10.0 Å². The molecular weight excluding hydrogens is 514 g/mol. The molecule has 0 spiro atoms. The van der Waals surface area contributed by atoms with Crippen molar-refractivity contribution in [3.05, 3.63) is 53.2 Å². The van der Waals surface area contributed by atoms with Crippen molar-refractivity contribution in [1.82, 2.24) is 14.9 Å². The molecule has 3 heterocycles. The second-order valence-electron chi connectivity index (χ2n) is 9.21. The van der Waals surface area contributed by atoms with Gasteiger partial charge in [0.2, 0.25) is 16.0 Å². The lowest BCUT2D eigenvalue weighted by molar-refractivity contribution is 0.312. The van der Waals surface area contributed by atoms with Gasteiger partial charge in [-0.05, 0) is 37.2 Å². The molecule has 2 aliphatic heterocycles. The summed E-state index contributed by atoms with van der Waals surface area (Å²) in [5.74, 6) is 1.36. The minimum Gasteiger partial charge on any atom is -0.494 e. The number of piperazine rings is 1. The lowest BCUT2D eigenvalue weighted by Crippen LogP contribution is -2.44. The van der Waals surface area contributed by atoms with E-state index in [1.807, 2.05) is 30.3 Å². The van der Waals surface area contributed by atoms with Crippen molar-refractivity contribution in [3.8, 4) is 5.75 Å². The van der Waals surface area contributed by atoms with Gasteiger partial charge in [0.05, 0.1) is 36.6 Å². The van der Waals surface area contributed by atoms with Gasteiger partial charge < -0.3 is 25.2 Å². The molecule has 10 nitrogen and oxygen atoms in total. The summed E-state index contributed by atoms with van der Waals surface area (Å²) < 4.78 is 31.8. The van der Waals surface area contributed by atoms with Gasteiger partial charge in [0, 0.05) is 44.5 Å². The Kier molecular flexibility index (Phi) is 7.02. The maximum Gasteiger partial charge on any atom is 0.232 e. The highest BCUT2D eigenvalue weighted by Crippen LogP contribution is 2.39. The number of fused-ring (bicyclic) bond motifs is 1.